The van der Waals surface area contributed by atoms with Crippen LogP contribution in [0.5, 0.6) is 0 Å². The predicted molar refractivity (Wildman–Crippen MR) is 271 cm³/mol. The summed E-state index contributed by atoms with van der Waals surface area (Å²) >= 11 is 0. The van der Waals surface area contributed by atoms with Gasteiger partial charge in [0.1, 0.15) is 5.58 Å². The summed E-state index contributed by atoms with van der Waals surface area (Å²) in [6.45, 7) is 0. The zero-order valence-electron chi connectivity index (χ0n) is 39.9. The number of hydrogen-bond acceptors (Lipinski definition) is 2. The topological polar surface area (TPSA) is 16.4 Å². The third kappa shape index (κ3) is 5.55. The second kappa shape index (κ2) is 15.1. The van der Waals surface area contributed by atoms with Gasteiger partial charge in [0.2, 0.25) is 0 Å². The molecule has 0 saturated heterocycles. The Morgan fingerprint density at radius 2 is 0.833 bits per heavy atom. The maximum Gasteiger partial charge on any atom is 0.135 e. The lowest BCUT2D eigenvalue weighted by molar-refractivity contribution is 0.616. The molecule has 2 aliphatic rings. The fraction of sp³-hybridized carbons (Fsp3) is 0.0312. The van der Waals surface area contributed by atoms with Crippen molar-refractivity contribution in [2.24, 2.45) is 0 Å². The van der Waals surface area contributed by atoms with Crippen LogP contribution >= 0.6 is 0 Å². The number of anilines is 3. The largest absolute Gasteiger partial charge is 0.464 e. The Balaban J connectivity index is 1.08. The van der Waals surface area contributed by atoms with Crippen LogP contribution in [0.1, 0.15) is 50.0 Å². The van der Waals surface area contributed by atoms with Gasteiger partial charge >= 0.3 is 0 Å². The van der Waals surface area contributed by atoms with E-state index in [0.717, 1.165) is 66.6 Å². The number of benzene rings is 10. The van der Waals surface area contributed by atoms with E-state index in [-0.39, 0.29) is 35.4 Å². The molecule has 11 aromatic rings. The summed E-state index contributed by atoms with van der Waals surface area (Å²) in [5, 5.41) is 0.917. The molecule has 0 fully saturated rings. The van der Waals surface area contributed by atoms with Crippen molar-refractivity contribution in [3.8, 4) is 33.4 Å². The molecule has 0 spiro atoms. The van der Waals surface area contributed by atoms with E-state index in [1.165, 1.54) is 5.56 Å². The van der Waals surface area contributed by atoms with Crippen LogP contribution in [0.25, 0.3) is 44.3 Å². The second-order valence-electron chi connectivity index (χ2n) is 17.2. The first kappa shape index (κ1) is 34.0. The van der Waals surface area contributed by atoms with Crippen molar-refractivity contribution >= 4 is 28.0 Å². The standard InChI is InChI=1S/C64H43NO/c1-5-19-47(20-6-1)63(48-21-7-2-8-22-48)58-30-15-13-28-54(58)56-36-33-46(41-60(56)63)45-18-17-27-51(40-45)65(53-34-32-44-38-39-66-62(44)43-53)52-35-37-57-55-29-14-16-31-59(55)64(61(57)42-52,49-23-9-3-10-24-49)50-25-11-4-12-26-50/h1-43H/i17D,18D,27D,40D. The van der Waals surface area contributed by atoms with Gasteiger partial charge in [0.05, 0.1) is 22.6 Å². The maximum atomic E-state index is 10.4. The number of nitrogens with zero attached hydrogens (tertiary/aromatic N) is 1. The van der Waals surface area contributed by atoms with Crippen molar-refractivity contribution in [3.63, 3.8) is 0 Å². The van der Waals surface area contributed by atoms with Crippen molar-refractivity contribution in [1.29, 1.82) is 0 Å². The molecule has 1 aromatic heterocycles. The van der Waals surface area contributed by atoms with Gasteiger partial charge in [0.25, 0.3) is 0 Å². The Labute approximate surface area is 391 Å². The van der Waals surface area contributed by atoms with Gasteiger partial charge in [0, 0.05) is 28.5 Å². The van der Waals surface area contributed by atoms with Crippen LogP contribution in [0.3, 0.4) is 0 Å². The first-order valence-corrected chi connectivity index (χ1v) is 22.5. The van der Waals surface area contributed by atoms with Gasteiger partial charge in [-0.15, -0.1) is 0 Å². The molecule has 1 heterocycles. The zero-order chi connectivity index (χ0) is 47.1. The minimum Gasteiger partial charge on any atom is -0.464 e. The van der Waals surface area contributed by atoms with Crippen molar-refractivity contribution in [1.82, 2.24) is 0 Å². The molecule has 0 N–H and O–H groups in total. The van der Waals surface area contributed by atoms with Crippen molar-refractivity contribution < 1.29 is 9.90 Å². The molecule has 0 bridgehead atoms. The summed E-state index contributed by atoms with van der Waals surface area (Å²) in [5.41, 5.74) is 15.0. The third-order valence-corrected chi connectivity index (χ3v) is 14.0. The molecule has 0 amide bonds. The monoisotopic (exact) mass is 845 g/mol. The zero-order valence-corrected chi connectivity index (χ0v) is 35.9. The lowest BCUT2D eigenvalue weighted by Gasteiger charge is -2.35. The van der Waals surface area contributed by atoms with Crippen LogP contribution < -0.4 is 4.90 Å². The van der Waals surface area contributed by atoms with Crippen LogP contribution in [0.4, 0.5) is 17.1 Å². The van der Waals surface area contributed by atoms with E-state index < -0.39 is 10.8 Å². The van der Waals surface area contributed by atoms with Crippen LogP contribution in [-0.4, -0.2) is 0 Å². The smallest absolute Gasteiger partial charge is 0.135 e. The Kier molecular flexibility index (Phi) is 7.77. The quantitative estimate of drug-likeness (QED) is 0.151. The summed E-state index contributed by atoms with van der Waals surface area (Å²) in [6, 6.07) is 79.4. The van der Waals surface area contributed by atoms with Crippen molar-refractivity contribution in [3.05, 3.63) is 305 Å². The highest BCUT2D eigenvalue weighted by atomic mass is 16.3. The molecule has 0 aliphatic heterocycles. The summed E-state index contributed by atoms with van der Waals surface area (Å²) in [6.07, 6.45) is 1.66. The van der Waals surface area contributed by atoms with E-state index in [4.69, 9.17) is 4.42 Å². The van der Waals surface area contributed by atoms with Gasteiger partial charge in [-0.25, -0.2) is 0 Å². The van der Waals surface area contributed by atoms with Crippen molar-refractivity contribution in [2.45, 2.75) is 10.8 Å². The van der Waals surface area contributed by atoms with Crippen LogP contribution in [0.15, 0.2) is 265 Å². The molecule has 2 aliphatic carbocycles. The molecule has 0 saturated carbocycles. The van der Waals surface area contributed by atoms with E-state index in [1.54, 1.807) is 6.26 Å². The normalized spacial score (nSPS) is 14.5. The number of hydrogen-bond donors (Lipinski definition) is 0. The summed E-state index contributed by atoms with van der Waals surface area (Å²) in [4.78, 5) is 1.93. The summed E-state index contributed by atoms with van der Waals surface area (Å²) in [5.74, 6) is 0. The van der Waals surface area contributed by atoms with Gasteiger partial charge in [-0.2, -0.15) is 0 Å². The second-order valence-corrected chi connectivity index (χ2v) is 17.2. The Bertz CT molecular complexity index is 3750. The van der Waals surface area contributed by atoms with Crippen LogP contribution in [0, 0.1) is 0 Å². The first-order chi connectivity index (χ1) is 34.4. The molecule has 2 heteroatoms. The molecule has 0 atom stereocenters. The third-order valence-electron chi connectivity index (χ3n) is 14.0. The minimum absolute atomic E-state index is 0.0211. The molecule has 0 unspecified atom stereocenters. The molecular weight excluding hydrogens is 799 g/mol. The van der Waals surface area contributed by atoms with Gasteiger partial charge < -0.3 is 9.32 Å². The molecular formula is C64H43NO. The molecule has 310 valence electrons. The molecule has 13 rings (SSSR count). The fourth-order valence-corrected chi connectivity index (χ4v) is 11.3. The number of fused-ring (bicyclic) bond motifs is 7. The average Bonchev–Trinajstić information content (AvgIpc) is 4.10. The number of furan rings is 1. The molecule has 2 nitrogen and oxygen atoms in total. The van der Waals surface area contributed by atoms with Gasteiger partial charge in [-0.3, -0.25) is 0 Å². The molecule has 0 radical (unpaired) electrons. The highest BCUT2D eigenvalue weighted by Crippen LogP contribution is 2.59. The lowest BCUT2D eigenvalue weighted by Crippen LogP contribution is -2.28. The predicted octanol–water partition coefficient (Wildman–Crippen LogP) is 16.3. The molecule has 10 aromatic carbocycles. The van der Waals surface area contributed by atoms with Crippen LogP contribution in [-0.2, 0) is 10.8 Å². The summed E-state index contributed by atoms with van der Waals surface area (Å²) < 4.78 is 45.5. The Morgan fingerprint density at radius 3 is 1.41 bits per heavy atom. The molecule has 66 heavy (non-hydrogen) atoms. The van der Waals surface area contributed by atoms with Gasteiger partial charge in [0.15, 0.2) is 0 Å². The number of rotatable bonds is 8. The Morgan fingerprint density at radius 1 is 0.364 bits per heavy atom. The highest BCUT2D eigenvalue weighted by Gasteiger charge is 2.47. The highest BCUT2D eigenvalue weighted by molar-refractivity contribution is 5.93. The summed E-state index contributed by atoms with van der Waals surface area (Å²) in [7, 11) is 0. The fourth-order valence-electron chi connectivity index (χ4n) is 11.3. The lowest BCUT2D eigenvalue weighted by atomic mass is 9.67. The van der Waals surface area contributed by atoms with E-state index >= 15 is 0 Å². The first-order valence-electron chi connectivity index (χ1n) is 24.5. The van der Waals surface area contributed by atoms with Gasteiger partial charge in [-0.1, -0.05) is 200 Å². The Hall–Kier alpha value is -8.46. The van der Waals surface area contributed by atoms with Gasteiger partial charge in [-0.05, 0) is 126 Å². The van der Waals surface area contributed by atoms with E-state index in [0.29, 0.717) is 22.5 Å². The minimum atomic E-state index is -0.715. The van der Waals surface area contributed by atoms with E-state index in [1.807, 2.05) is 59.5 Å². The van der Waals surface area contributed by atoms with E-state index in [2.05, 4.69) is 176 Å². The average molecular weight is 846 g/mol. The SMILES string of the molecule is [2H]c1c([2H])c(-c2ccc3c(c2)C(c2ccccc2)(c2ccccc2)c2ccccc2-3)c([2H])c(N(c2ccc3c(c2)C(c2ccccc2)(c2ccccc2)c2ccccc2-3)c2ccc3ccoc3c2)c1[2H]. The van der Waals surface area contributed by atoms with Crippen molar-refractivity contribution in [2.75, 3.05) is 4.90 Å². The van der Waals surface area contributed by atoms with E-state index in [9.17, 15) is 5.48 Å². The van der Waals surface area contributed by atoms with Crippen LogP contribution in [0.2, 0.25) is 0 Å². The maximum absolute atomic E-state index is 10.4.